The lowest BCUT2D eigenvalue weighted by atomic mass is 10.1. The highest BCUT2D eigenvalue weighted by molar-refractivity contribution is 5.81. The van der Waals surface area contributed by atoms with Crippen LogP contribution in [0.3, 0.4) is 0 Å². The Morgan fingerprint density at radius 1 is 1.58 bits per heavy atom. The molecule has 1 unspecified atom stereocenters. The van der Waals surface area contributed by atoms with E-state index in [1.807, 2.05) is 0 Å². The molecule has 1 atom stereocenters. The minimum Gasteiger partial charge on any atom is -0.378 e. The number of Topliss-reactive ketones (excluding diaryl/α,β-unsaturated/α-hetero) is 1. The first kappa shape index (κ1) is 9.72. The first-order valence-corrected chi connectivity index (χ1v) is 4.82. The molecule has 2 heteroatoms. The van der Waals surface area contributed by atoms with E-state index in [0.717, 1.165) is 25.9 Å². The number of carbonyl (C=O) groups is 1. The molecule has 0 N–H and O–H groups in total. The molecule has 12 heavy (non-hydrogen) atoms. The predicted octanol–water partition coefficient (Wildman–Crippen LogP) is 2.17. The van der Waals surface area contributed by atoms with Crippen LogP contribution in [0.25, 0.3) is 0 Å². The third-order valence-electron chi connectivity index (χ3n) is 2.25. The summed E-state index contributed by atoms with van der Waals surface area (Å²) in [6.07, 6.45) is 3.66. The van der Waals surface area contributed by atoms with Gasteiger partial charge in [0.15, 0.2) is 0 Å². The van der Waals surface area contributed by atoms with E-state index in [4.69, 9.17) is 4.74 Å². The van der Waals surface area contributed by atoms with E-state index >= 15 is 0 Å². The molecule has 1 fully saturated rings. The zero-order valence-electron chi connectivity index (χ0n) is 8.01. The standard InChI is InChI=1S/C10H18O2/c1-8(2)5-6-12-10-4-3-9(11)7-10/h8,10H,3-7H2,1-2H3. The minimum atomic E-state index is 0.233. The topological polar surface area (TPSA) is 26.3 Å². The van der Waals surface area contributed by atoms with Crippen LogP contribution in [-0.4, -0.2) is 18.5 Å². The van der Waals surface area contributed by atoms with Gasteiger partial charge in [0.1, 0.15) is 5.78 Å². The highest BCUT2D eigenvalue weighted by Crippen LogP contribution is 2.18. The Morgan fingerprint density at radius 3 is 2.83 bits per heavy atom. The maximum atomic E-state index is 10.9. The first-order chi connectivity index (χ1) is 5.68. The Labute approximate surface area is 74.3 Å². The Kier molecular flexibility index (Phi) is 3.73. The van der Waals surface area contributed by atoms with E-state index in [1.54, 1.807) is 0 Å². The fourth-order valence-electron chi connectivity index (χ4n) is 1.39. The SMILES string of the molecule is CC(C)CCOC1CCC(=O)C1. The van der Waals surface area contributed by atoms with Crippen molar-refractivity contribution in [2.24, 2.45) is 5.92 Å². The Balaban J connectivity index is 2.04. The van der Waals surface area contributed by atoms with Gasteiger partial charge in [0.25, 0.3) is 0 Å². The molecule has 0 aromatic heterocycles. The summed E-state index contributed by atoms with van der Waals surface area (Å²) < 4.78 is 5.56. The quantitative estimate of drug-likeness (QED) is 0.646. The molecular weight excluding hydrogens is 152 g/mol. The van der Waals surface area contributed by atoms with E-state index in [1.165, 1.54) is 0 Å². The summed E-state index contributed by atoms with van der Waals surface area (Å²) in [4.78, 5) is 10.9. The maximum Gasteiger partial charge on any atom is 0.135 e. The molecule has 0 bridgehead atoms. The van der Waals surface area contributed by atoms with Crippen LogP contribution in [0.15, 0.2) is 0 Å². The van der Waals surface area contributed by atoms with Crippen molar-refractivity contribution in [2.45, 2.75) is 45.6 Å². The number of hydrogen-bond acceptors (Lipinski definition) is 2. The number of ketones is 1. The molecule has 70 valence electrons. The van der Waals surface area contributed by atoms with Crippen molar-refractivity contribution in [1.82, 2.24) is 0 Å². The van der Waals surface area contributed by atoms with Crippen LogP contribution >= 0.6 is 0 Å². The van der Waals surface area contributed by atoms with Crippen LogP contribution < -0.4 is 0 Å². The Bertz CT molecular complexity index is 152. The van der Waals surface area contributed by atoms with Crippen molar-refractivity contribution in [1.29, 1.82) is 0 Å². The van der Waals surface area contributed by atoms with Gasteiger partial charge in [0.05, 0.1) is 6.10 Å². The smallest absolute Gasteiger partial charge is 0.135 e. The van der Waals surface area contributed by atoms with Crippen molar-refractivity contribution in [2.75, 3.05) is 6.61 Å². The molecule has 1 aliphatic carbocycles. The summed E-state index contributed by atoms with van der Waals surface area (Å²) in [7, 11) is 0. The minimum absolute atomic E-state index is 0.233. The van der Waals surface area contributed by atoms with Crippen LogP contribution in [0.4, 0.5) is 0 Å². The van der Waals surface area contributed by atoms with Crippen LogP contribution in [0.1, 0.15) is 39.5 Å². The lowest BCUT2D eigenvalue weighted by molar-refractivity contribution is -0.118. The molecule has 1 rings (SSSR count). The van der Waals surface area contributed by atoms with Gasteiger partial charge in [0.2, 0.25) is 0 Å². The fraction of sp³-hybridized carbons (Fsp3) is 0.900. The van der Waals surface area contributed by atoms with Crippen LogP contribution in [0.2, 0.25) is 0 Å². The van der Waals surface area contributed by atoms with E-state index in [-0.39, 0.29) is 6.10 Å². The second-order valence-electron chi connectivity index (χ2n) is 3.96. The summed E-state index contributed by atoms with van der Waals surface area (Å²) in [5, 5.41) is 0. The van der Waals surface area contributed by atoms with Crippen molar-refractivity contribution in [3.63, 3.8) is 0 Å². The third-order valence-corrected chi connectivity index (χ3v) is 2.25. The Morgan fingerprint density at radius 2 is 2.33 bits per heavy atom. The molecule has 0 aromatic carbocycles. The van der Waals surface area contributed by atoms with E-state index < -0.39 is 0 Å². The molecule has 0 aliphatic heterocycles. The number of rotatable bonds is 4. The zero-order chi connectivity index (χ0) is 8.97. The largest absolute Gasteiger partial charge is 0.378 e. The molecule has 0 spiro atoms. The van der Waals surface area contributed by atoms with Crippen LogP contribution in [-0.2, 0) is 9.53 Å². The van der Waals surface area contributed by atoms with Crippen molar-refractivity contribution < 1.29 is 9.53 Å². The normalized spacial score (nSPS) is 23.9. The average molecular weight is 170 g/mol. The fourth-order valence-corrected chi connectivity index (χ4v) is 1.39. The van der Waals surface area contributed by atoms with Gasteiger partial charge in [-0.15, -0.1) is 0 Å². The van der Waals surface area contributed by atoms with Crippen molar-refractivity contribution in [3.8, 4) is 0 Å². The third kappa shape index (κ3) is 3.35. The second kappa shape index (κ2) is 4.61. The summed E-state index contributed by atoms with van der Waals surface area (Å²) in [5.74, 6) is 1.06. The monoisotopic (exact) mass is 170 g/mol. The van der Waals surface area contributed by atoms with Gasteiger partial charge in [-0.2, -0.15) is 0 Å². The molecule has 1 saturated carbocycles. The molecule has 0 amide bonds. The van der Waals surface area contributed by atoms with Crippen molar-refractivity contribution >= 4 is 5.78 Å². The zero-order valence-corrected chi connectivity index (χ0v) is 8.01. The maximum absolute atomic E-state index is 10.9. The lowest BCUT2D eigenvalue weighted by Gasteiger charge is -2.11. The lowest BCUT2D eigenvalue weighted by Crippen LogP contribution is -2.10. The highest BCUT2D eigenvalue weighted by atomic mass is 16.5. The number of carbonyl (C=O) groups excluding carboxylic acids is 1. The predicted molar refractivity (Wildman–Crippen MR) is 48.1 cm³/mol. The molecule has 2 nitrogen and oxygen atoms in total. The summed E-state index contributed by atoms with van der Waals surface area (Å²) in [6.45, 7) is 5.18. The number of ether oxygens (including phenoxy) is 1. The van der Waals surface area contributed by atoms with Gasteiger partial charge in [0, 0.05) is 19.4 Å². The van der Waals surface area contributed by atoms with E-state index in [9.17, 15) is 4.79 Å². The Hall–Kier alpha value is -0.370. The average Bonchev–Trinajstić information content (AvgIpc) is 2.35. The molecule has 0 saturated heterocycles. The van der Waals surface area contributed by atoms with Gasteiger partial charge in [-0.05, 0) is 18.8 Å². The summed E-state index contributed by atoms with van der Waals surface area (Å²) in [5.41, 5.74) is 0. The highest BCUT2D eigenvalue weighted by Gasteiger charge is 2.22. The summed E-state index contributed by atoms with van der Waals surface area (Å²) >= 11 is 0. The van der Waals surface area contributed by atoms with Gasteiger partial charge < -0.3 is 4.74 Å². The molecular formula is C10H18O2. The number of hydrogen-bond donors (Lipinski definition) is 0. The van der Waals surface area contributed by atoms with E-state index in [0.29, 0.717) is 18.1 Å². The van der Waals surface area contributed by atoms with Crippen LogP contribution in [0.5, 0.6) is 0 Å². The summed E-state index contributed by atoms with van der Waals surface area (Å²) in [6, 6.07) is 0. The van der Waals surface area contributed by atoms with Gasteiger partial charge in [-0.1, -0.05) is 13.8 Å². The molecule has 0 heterocycles. The van der Waals surface area contributed by atoms with Gasteiger partial charge in [-0.3, -0.25) is 4.79 Å². The second-order valence-corrected chi connectivity index (χ2v) is 3.96. The first-order valence-electron chi connectivity index (χ1n) is 4.82. The van der Waals surface area contributed by atoms with Crippen molar-refractivity contribution in [3.05, 3.63) is 0 Å². The van der Waals surface area contributed by atoms with Gasteiger partial charge >= 0.3 is 0 Å². The van der Waals surface area contributed by atoms with E-state index in [2.05, 4.69) is 13.8 Å². The van der Waals surface area contributed by atoms with Crippen LogP contribution in [0, 0.1) is 5.92 Å². The van der Waals surface area contributed by atoms with Gasteiger partial charge in [-0.25, -0.2) is 0 Å². The molecule has 0 aromatic rings. The molecule has 1 aliphatic rings. The molecule has 0 radical (unpaired) electrons.